The highest BCUT2D eigenvalue weighted by Crippen LogP contribution is 2.31. The largest absolute Gasteiger partial charge is 0.481 e. The minimum Gasteiger partial charge on any atom is -0.481 e. The van der Waals surface area contributed by atoms with Gasteiger partial charge in [-0.25, -0.2) is 4.98 Å². The molecule has 1 atom stereocenters. The number of hydrogen-bond donors (Lipinski definition) is 2. The summed E-state index contributed by atoms with van der Waals surface area (Å²) in [5.41, 5.74) is 0.678. The minimum absolute atomic E-state index is 0.175. The average Bonchev–Trinajstić information content (AvgIpc) is 2.67. The number of thiazole rings is 1. The SMILES string of the molecule is O=C(S)CC(C(=O)O)c1nc2ccc(Cl)cc2s1. The second-order valence-corrected chi connectivity index (χ2v) is 5.65. The van der Waals surface area contributed by atoms with Crippen molar-refractivity contribution in [1.29, 1.82) is 0 Å². The van der Waals surface area contributed by atoms with E-state index in [9.17, 15) is 9.59 Å². The molecule has 0 fully saturated rings. The van der Waals surface area contributed by atoms with Gasteiger partial charge in [0.1, 0.15) is 10.9 Å². The number of aliphatic carboxylic acids is 1. The maximum atomic E-state index is 11.1. The lowest BCUT2D eigenvalue weighted by atomic mass is 10.1. The fraction of sp³-hybridized carbons (Fsp3) is 0.182. The molecule has 0 aliphatic rings. The van der Waals surface area contributed by atoms with E-state index in [0.717, 1.165) is 4.70 Å². The van der Waals surface area contributed by atoms with E-state index in [1.165, 1.54) is 11.3 Å². The van der Waals surface area contributed by atoms with Gasteiger partial charge in [-0.1, -0.05) is 11.6 Å². The van der Waals surface area contributed by atoms with Crippen LogP contribution in [0.15, 0.2) is 18.2 Å². The van der Waals surface area contributed by atoms with Crippen molar-refractivity contribution in [2.24, 2.45) is 0 Å². The second kappa shape index (κ2) is 5.26. The maximum absolute atomic E-state index is 11.1. The Bertz CT molecular complexity index is 626. The first kappa shape index (κ1) is 13.3. The molecule has 4 nitrogen and oxygen atoms in total. The van der Waals surface area contributed by atoms with Crippen LogP contribution in [-0.2, 0) is 9.59 Å². The van der Waals surface area contributed by atoms with Crippen molar-refractivity contribution in [3.63, 3.8) is 0 Å². The summed E-state index contributed by atoms with van der Waals surface area (Å²) >= 11 is 10.7. The highest BCUT2D eigenvalue weighted by molar-refractivity contribution is 7.96. The second-order valence-electron chi connectivity index (χ2n) is 3.65. The molecule has 0 saturated carbocycles. The number of fused-ring (bicyclic) bond motifs is 1. The fourth-order valence-electron chi connectivity index (χ4n) is 1.52. The first-order valence-corrected chi connectivity index (χ1v) is 6.62. The standard InChI is InChI=1S/C11H8ClNO3S2/c12-5-1-2-7-8(3-5)18-10(13-7)6(11(15)16)4-9(14)17/h1-3,6H,4H2,(H,14,17)(H,15,16). The normalized spacial score (nSPS) is 12.6. The van der Waals surface area contributed by atoms with Gasteiger partial charge in [0, 0.05) is 11.4 Å². The Morgan fingerprint density at radius 3 is 2.83 bits per heavy atom. The first-order valence-electron chi connectivity index (χ1n) is 4.98. The van der Waals surface area contributed by atoms with Gasteiger partial charge in [0.15, 0.2) is 5.12 Å². The number of carbonyl (C=O) groups excluding carboxylic acids is 1. The zero-order valence-electron chi connectivity index (χ0n) is 8.96. The van der Waals surface area contributed by atoms with E-state index in [-0.39, 0.29) is 6.42 Å². The molecule has 0 bridgehead atoms. The van der Waals surface area contributed by atoms with E-state index >= 15 is 0 Å². The molecule has 94 valence electrons. The van der Waals surface area contributed by atoms with E-state index in [1.54, 1.807) is 18.2 Å². The molecule has 0 aliphatic heterocycles. The highest BCUT2D eigenvalue weighted by atomic mass is 35.5. The number of nitrogens with zero attached hydrogens (tertiary/aromatic N) is 1. The van der Waals surface area contributed by atoms with Crippen LogP contribution in [0.3, 0.4) is 0 Å². The van der Waals surface area contributed by atoms with Crippen molar-refractivity contribution in [3.05, 3.63) is 28.2 Å². The zero-order valence-corrected chi connectivity index (χ0v) is 11.4. The molecule has 2 rings (SSSR count). The van der Waals surface area contributed by atoms with E-state index in [1.807, 2.05) is 0 Å². The lowest BCUT2D eigenvalue weighted by molar-refractivity contribution is -0.139. The summed E-state index contributed by atoms with van der Waals surface area (Å²) in [5.74, 6) is -2.03. The van der Waals surface area contributed by atoms with E-state index in [4.69, 9.17) is 16.7 Å². The van der Waals surface area contributed by atoms with Crippen molar-refractivity contribution in [1.82, 2.24) is 4.98 Å². The van der Waals surface area contributed by atoms with Gasteiger partial charge in [0.05, 0.1) is 10.2 Å². The summed E-state index contributed by atoms with van der Waals surface area (Å²) in [6, 6.07) is 5.13. The van der Waals surface area contributed by atoms with Gasteiger partial charge in [-0.2, -0.15) is 0 Å². The molecule has 0 radical (unpaired) electrons. The molecule has 1 N–H and O–H groups in total. The van der Waals surface area contributed by atoms with Crippen molar-refractivity contribution >= 4 is 56.9 Å². The number of rotatable bonds is 4. The van der Waals surface area contributed by atoms with Crippen LogP contribution in [0.2, 0.25) is 5.02 Å². The molecule has 2 aromatic rings. The number of hydrogen-bond acceptors (Lipinski definition) is 4. The van der Waals surface area contributed by atoms with Crippen LogP contribution >= 0.6 is 35.6 Å². The third-order valence-electron chi connectivity index (χ3n) is 2.34. The molecule has 0 aliphatic carbocycles. The van der Waals surface area contributed by atoms with Crippen LogP contribution in [0, 0.1) is 0 Å². The van der Waals surface area contributed by atoms with E-state index in [0.29, 0.717) is 15.5 Å². The van der Waals surface area contributed by atoms with Crippen LogP contribution in [0.5, 0.6) is 0 Å². The number of aromatic nitrogens is 1. The topological polar surface area (TPSA) is 67.3 Å². The summed E-state index contributed by atoms with van der Waals surface area (Å²) in [4.78, 5) is 26.3. The molecule has 1 aromatic heterocycles. The minimum atomic E-state index is -1.08. The van der Waals surface area contributed by atoms with E-state index in [2.05, 4.69) is 17.6 Å². The van der Waals surface area contributed by atoms with Crippen LogP contribution in [0.4, 0.5) is 0 Å². The Balaban J connectivity index is 2.44. The van der Waals surface area contributed by atoms with Crippen LogP contribution in [0.1, 0.15) is 17.3 Å². The summed E-state index contributed by atoms with van der Waals surface area (Å²) in [5, 5.41) is 9.59. The molecule has 1 aromatic carbocycles. The lowest BCUT2D eigenvalue weighted by Crippen LogP contribution is -2.13. The van der Waals surface area contributed by atoms with Gasteiger partial charge < -0.3 is 5.11 Å². The molecule has 0 saturated heterocycles. The molecular formula is C11H8ClNO3S2. The zero-order chi connectivity index (χ0) is 13.3. The van der Waals surface area contributed by atoms with Crippen molar-refractivity contribution < 1.29 is 14.7 Å². The van der Waals surface area contributed by atoms with Gasteiger partial charge in [-0.15, -0.1) is 24.0 Å². The average molecular weight is 302 g/mol. The number of benzene rings is 1. The summed E-state index contributed by atoms with van der Waals surface area (Å²) in [6.45, 7) is 0. The van der Waals surface area contributed by atoms with Crippen molar-refractivity contribution in [2.75, 3.05) is 0 Å². The quantitative estimate of drug-likeness (QED) is 0.852. The van der Waals surface area contributed by atoms with Gasteiger partial charge in [0.25, 0.3) is 0 Å². The van der Waals surface area contributed by atoms with Crippen LogP contribution in [0.25, 0.3) is 10.2 Å². The third-order valence-corrected chi connectivity index (χ3v) is 3.89. The molecular weight excluding hydrogens is 294 g/mol. The molecule has 7 heteroatoms. The van der Waals surface area contributed by atoms with Crippen LogP contribution in [-0.4, -0.2) is 21.2 Å². The number of thiol groups is 1. The predicted octanol–water partition coefficient (Wildman–Crippen LogP) is 2.96. The molecule has 18 heavy (non-hydrogen) atoms. The Labute approximate surface area is 117 Å². The summed E-state index contributed by atoms with van der Waals surface area (Å²) in [6.07, 6.45) is -0.175. The van der Waals surface area contributed by atoms with E-state index < -0.39 is 17.0 Å². The van der Waals surface area contributed by atoms with Gasteiger partial charge >= 0.3 is 5.97 Å². The monoisotopic (exact) mass is 301 g/mol. The molecule has 1 unspecified atom stereocenters. The highest BCUT2D eigenvalue weighted by Gasteiger charge is 2.25. The third kappa shape index (κ3) is 2.82. The predicted molar refractivity (Wildman–Crippen MR) is 73.6 cm³/mol. The molecule has 0 spiro atoms. The van der Waals surface area contributed by atoms with Crippen molar-refractivity contribution in [2.45, 2.75) is 12.3 Å². The molecule has 1 heterocycles. The summed E-state index contributed by atoms with van der Waals surface area (Å²) in [7, 11) is 0. The van der Waals surface area contributed by atoms with Crippen molar-refractivity contribution in [3.8, 4) is 0 Å². The number of carbonyl (C=O) groups is 2. The Morgan fingerprint density at radius 2 is 2.22 bits per heavy atom. The fourth-order valence-corrected chi connectivity index (χ4v) is 3.04. The molecule has 0 amide bonds. The Morgan fingerprint density at radius 1 is 1.50 bits per heavy atom. The Kier molecular flexibility index (Phi) is 3.89. The Hall–Kier alpha value is -1.11. The van der Waals surface area contributed by atoms with Gasteiger partial charge in [-0.3, -0.25) is 9.59 Å². The number of halogens is 1. The van der Waals surface area contributed by atoms with Gasteiger partial charge in [-0.05, 0) is 18.2 Å². The van der Waals surface area contributed by atoms with Gasteiger partial charge in [0.2, 0.25) is 0 Å². The smallest absolute Gasteiger partial charge is 0.313 e. The number of carboxylic acid groups (broad SMARTS) is 1. The maximum Gasteiger partial charge on any atom is 0.313 e. The van der Waals surface area contributed by atoms with Crippen LogP contribution < -0.4 is 0 Å². The number of carboxylic acids is 1. The first-order chi connectivity index (χ1) is 8.47. The summed E-state index contributed by atoms with van der Waals surface area (Å²) < 4.78 is 0.801. The lowest BCUT2D eigenvalue weighted by Gasteiger charge is -2.05.